The van der Waals surface area contributed by atoms with Crippen molar-refractivity contribution >= 4 is 11.3 Å². The minimum atomic E-state index is 0.313. The number of nitrogens with one attached hydrogen (secondary N) is 1. The minimum Gasteiger partial charge on any atom is -0.299 e. The molecule has 1 heterocycles. The van der Waals surface area contributed by atoms with E-state index < -0.39 is 0 Å². The van der Waals surface area contributed by atoms with E-state index in [-0.39, 0.29) is 0 Å². The van der Waals surface area contributed by atoms with Crippen LogP contribution < -0.4 is 5.32 Å². The molecule has 0 aromatic carbocycles. The lowest BCUT2D eigenvalue weighted by Gasteiger charge is -2.09. The van der Waals surface area contributed by atoms with Crippen LogP contribution in [0.5, 0.6) is 0 Å². The van der Waals surface area contributed by atoms with E-state index >= 15 is 0 Å². The molecule has 0 spiro atoms. The summed E-state index contributed by atoms with van der Waals surface area (Å²) >= 11 is 1.67. The number of rotatable bonds is 3. The molecule has 0 aliphatic heterocycles. The molecule has 2 nitrogen and oxygen atoms in total. The lowest BCUT2D eigenvalue weighted by molar-refractivity contribution is 0.629. The number of aryl methyl sites for hydroxylation is 1. The van der Waals surface area contributed by atoms with Crippen molar-refractivity contribution in [3.05, 3.63) is 16.1 Å². The fraction of sp³-hybridized carbons (Fsp3) is 0.444. The van der Waals surface area contributed by atoms with Crippen LogP contribution in [0.3, 0.4) is 0 Å². The number of aromatic nitrogens is 1. The zero-order valence-corrected chi connectivity index (χ0v) is 8.11. The molecule has 0 amide bonds. The van der Waals surface area contributed by atoms with E-state index in [0.717, 1.165) is 5.69 Å². The Hall–Kier alpha value is -0.850. The maximum Gasteiger partial charge on any atom is 0.0798 e. The Labute approximate surface area is 77.0 Å². The Morgan fingerprint density at radius 3 is 3.08 bits per heavy atom. The maximum absolute atomic E-state index is 5.14. The Morgan fingerprint density at radius 1 is 1.83 bits per heavy atom. The molecule has 1 aromatic heterocycles. The average Bonchev–Trinajstić information content (AvgIpc) is 2.47. The Kier molecular flexibility index (Phi) is 3.27. The summed E-state index contributed by atoms with van der Waals surface area (Å²) in [4.78, 5) is 5.44. The van der Waals surface area contributed by atoms with Crippen LogP contribution in [0.25, 0.3) is 0 Å². The maximum atomic E-state index is 5.14. The Bertz CT molecular complexity index is 285. The van der Waals surface area contributed by atoms with Crippen LogP contribution in [0.15, 0.2) is 5.51 Å². The van der Waals surface area contributed by atoms with Gasteiger partial charge in [0.1, 0.15) is 0 Å². The molecule has 0 aliphatic carbocycles. The average molecular weight is 180 g/mol. The molecular formula is C9H12N2S. The van der Waals surface area contributed by atoms with Gasteiger partial charge in [-0.05, 0) is 13.8 Å². The van der Waals surface area contributed by atoms with Crippen molar-refractivity contribution < 1.29 is 0 Å². The molecule has 0 radical (unpaired) electrons. The molecule has 3 heteroatoms. The lowest BCUT2D eigenvalue weighted by Crippen LogP contribution is -2.18. The second kappa shape index (κ2) is 4.24. The molecule has 0 saturated carbocycles. The fourth-order valence-corrected chi connectivity index (χ4v) is 1.87. The van der Waals surface area contributed by atoms with Crippen LogP contribution in [-0.4, -0.2) is 11.5 Å². The van der Waals surface area contributed by atoms with Gasteiger partial charge in [0, 0.05) is 10.9 Å². The Balaban J connectivity index is 2.60. The zero-order valence-electron chi connectivity index (χ0n) is 7.29. The van der Waals surface area contributed by atoms with Crippen LogP contribution in [0.4, 0.5) is 0 Å². The van der Waals surface area contributed by atoms with E-state index in [1.54, 1.807) is 11.3 Å². The van der Waals surface area contributed by atoms with Gasteiger partial charge < -0.3 is 0 Å². The normalized spacial score (nSPS) is 12.4. The first kappa shape index (κ1) is 9.24. The Morgan fingerprint density at radius 2 is 2.58 bits per heavy atom. The molecule has 0 bridgehead atoms. The molecule has 0 saturated heterocycles. The second-order valence-corrected chi connectivity index (χ2v) is 3.50. The quantitative estimate of drug-likeness (QED) is 0.717. The number of terminal acetylenes is 1. The van der Waals surface area contributed by atoms with E-state index in [0.29, 0.717) is 12.6 Å². The first-order chi connectivity index (χ1) is 5.75. The molecule has 1 N–H and O–H groups in total. The smallest absolute Gasteiger partial charge is 0.0798 e. The summed E-state index contributed by atoms with van der Waals surface area (Å²) in [6, 6.07) is 0.313. The van der Waals surface area contributed by atoms with E-state index in [2.05, 4.69) is 23.1 Å². The highest BCUT2D eigenvalue weighted by molar-refractivity contribution is 7.09. The third kappa shape index (κ3) is 2.07. The van der Waals surface area contributed by atoms with E-state index in [1.807, 2.05) is 12.4 Å². The lowest BCUT2D eigenvalue weighted by atomic mass is 10.2. The highest BCUT2D eigenvalue weighted by atomic mass is 32.1. The summed E-state index contributed by atoms with van der Waals surface area (Å²) in [7, 11) is 0. The van der Waals surface area contributed by atoms with Crippen LogP contribution in [-0.2, 0) is 0 Å². The monoisotopic (exact) mass is 180 g/mol. The summed E-state index contributed by atoms with van der Waals surface area (Å²) in [6.07, 6.45) is 5.14. The summed E-state index contributed by atoms with van der Waals surface area (Å²) in [5.74, 6) is 2.55. The number of nitrogens with zero attached hydrogens (tertiary/aromatic N) is 1. The van der Waals surface area contributed by atoms with Gasteiger partial charge in [-0.15, -0.1) is 17.8 Å². The van der Waals surface area contributed by atoms with Gasteiger partial charge in [0.25, 0.3) is 0 Å². The van der Waals surface area contributed by atoms with Crippen LogP contribution in [0, 0.1) is 19.3 Å². The van der Waals surface area contributed by atoms with Crippen molar-refractivity contribution in [1.29, 1.82) is 0 Å². The van der Waals surface area contributed by atoms with E-state index in [1.165, 1.54) is 4.88 Å². The summed E-state index contributed by atoms with van der Waals surface area (Å²) in [6.45, 7) is 4.72. The van der Waals surface area contributed by atoms with Gasteiger partial charge in [0.15, 0.2) is 0 Å². The van der Waals surface area contributed by atoms with E-state index in [4.69, 9.17) is 6.42 Å². The topological polar surface area (TPSA) is 24.9 Å². The molecular weight excluding hydrogens is 168 g/mol. The molecule has 1 aromatic rings. The first-order valence-corrected chi connectivity index (χ1v) is 4.70. The van der Waals surface area contributed by atoms with Crippen LogP contribution >= 0.6 is 11.3 Å². The molecule has 1 atom stereocenters. The summed E-state index contributed by atoms with van der Waals surface area (Å²) in [5.41, 5.74) is 2.95. The third-order valence-electron chi connectivity index (χ3n) is 1.69. The fourth-order valence-electron chi connectivity index (χ4n) is 1.03. The van der Waals surface area contributed by atoms with Crippen molar-refractivity contribution in [3.63, 3.8) is 0 Å². The third-order valence-corrected chi connectivity index (χ3v) is 2.80. The number of hydrogen-bond donors (Lipinski definition) is 1. The number of hydrogen-bond acceptors (Lipinski definition) is 3. The molecule has 64 valence electrons. The van der Waals surface area contributed by atoms with Crippen molar-refractivity contribution in [2.45, 2.75) is 19.9 Å². The predicted molar refractivity (Wildman–Crippen MR) is 52.1 cm³/mol. The summed E-state index contributed by atoms with van der Waals surface area (Å²) in [5, 5.41) is 3.21. The minimum absolute atomic E-state index is 0.313. The molecule has 12 heavy (non-hydrogen) atoms. The highest BCUT2D eigenvalue weighted by Gasteiger charge is 2.08. The van der Waals surface area contributed by atoms with E-state index in [9.17, 15) is 0 Å². The van der Waals surface area contributed by atoms with Crippen molar-refractivity contribution in [1.82, 2.24) is 10.3 Å². The van der Waals surface area contributed by atoms with Crippen molar-refractivity contribution in [2.24, 2.45) is 0 Å². The van der Waals surface area contributed by atoms with Crippen LogP contribution in [0.1, 0.15) is 23.5 Å². The van der Waals surface area contributed by atoms with Crippen molar-refractivity contribution in [3.8, 4) is 12.3 Å². The predicted octanol–water partition coefficient (Wildman–Crippen LogP) is 1.74. The standard InChI is InChI=1S/C9H12N2S/c1-4-5-10-7(2)9-8(3)11-6-12-9/h1,6-7,10H,5H2,2-3H3. The largest absolute Gasteiger partial charge is 0.299 e. The van der Waals surface area contributed by atoms with Crippen molar-refractivity contribution in [2.75, 3.05) is 6.54 Å². The van der Waals surface area contributed by atoms with Gasteiger partial charge in [-0.3, -0.25) is 5.32 Å². The van der Waals surface area contributed by atoms with Gasteiger partial charge in [-0.1, -0.05) is 5.92 Å². The first-order valence-electron chi connectivity index (χ1n) is 3.82. The number of thiazole rings is 1. The van der Waals surface area contributed by atoms with Gasteiger partial charge in [-0.2, -0.15) is 0 Å². The SMILES string of the molecule is C#CCNC(C)c1scnc1C. The van der Waals surface area contributed by atoms with Gasteiger partial charge >= 0.3 is 0 Å². The second-order valence-electron chi connectivity index (χ2n) is 2.61. The molecule has 1 rings (SSSR count). The van der Waals surface area contributed by atoms with Gasteiger partial charge in [0.2, 0.25) is 0 Å². The molecule has 0 aliphatic rings. The van der Waals surface area contributed by atoms with Gasteiger partial charge in [-0.25, -0.2) is 4.98 Å². The van der Waals surface area contributed by atoms with Crippen LogP contribution in [0.2, 0.25) is 0 Å². The highest BCUT2D eigenvalue weighted by Crippen LogP contribution is 2.20. The molecule has 0 fully saturated rings. The molecule has 1 unspecified atom stereocenters. The van der Waals surface area contributed by atoms with Gasteiger partial charge in [0.05, 0.1) is 17.7 Å². The summed E-state index contributed by atoms with van der Waals surface area (Å²) < 4.78 is 0. The zero-order chi connectivity index (χ0) is 8.97.